The molecule has 0 radical (unpaired) electrons. The number of likely N-dealkylation sites (N-methyl/N-ethyl adjacent to an activating group) is 1. The van der Waals surface area contributed by atoms with Crippen LogP contribution in [-0.4, -0.2) is 92.1 Å². The number of hydrogen-bond donors (Lipinski definition) is 2. The van der Waals surface area contributed by atoms with Gasteiger partial charge in [-0.1, -0.05) is 85.6 Å². The Kier molecular flexibility index (Phi) is 13.3. The van der Waals surface area contributed by atoms with Crippen LogP contribution in [0.3, 0.4) is 0 Å². The highest BCUT2D eigenvalue weighted by Gasteiger charge is 2.37. The number of nitrogens with two attached hydrogens (primary N) is 1. The molecule has 1 amide bonds. The van der Waals surface area contributed by atoms with Gasteiger partial charge in [-0.3, -0.25) is 9.69 Å². The van der Waals surface area contributed by atoms with Crippen molar-refractivity contribution in [3.8, 4) is 0 Å². The molecule has 1 aliphatic rings. The van der Waals surface area contributed by atoms with Crippen LogP contribution in [-0.2, 0) is 17.6 Å². The standard InChI is InChI=1S/C36H51Cl2N5O/c1-26(2)18-34-24-42(23-33(41(3)4)21-30-13-14-31(37)22-35(30)38)32(10-7-16-40-17-15-39)25-43(34)36(44)20-27-11-12-28-8-5-6-9-29(28)19-27/h5-6,8-9,11-14,19,22,26,32-34,40H,7,10,15-18,20-21,23-25,39H2,1-4H3/t32?,33-,34-/m1/s1. The van der Waals surface area contributed by atoms with Gasteiger partial charge in [0, 0.05) is 60.9 Å². The third-order valence-electron chi connectivity index (χ3n) is 8.90. The number of nitrogens with zero attached hydrogens (tertiary/aromatic N) is 3. The number of amides is 1. The van der Waals surface area contributed by atoms with Gasteiger partial charge in [0.1, 0.15) is 0 Å². The van der Waals surface area contributed by atoms with Crippen LogP contribution in [0.4, 0.5) is 0 Å². The summed E-state index contributed by atoms with van der Waals surface area (Å²) >= 11 is 12.8. The van der Waals surface area contributed by atoms with Crippen LogP contribution in [0.5, 0.6) is 0 Å². The van der Waals surface area contributed by atoms with Crippen molar-refractivity contribution in [2.45, 2.75) is 64.1 Å². The molecule has 1 unspecified atom stereocenters. The number of nitrogens with one attached hydrogen (secondary N) is 1. The summed E-state index contributed by atoms with van der Waals surface area (Å²) in [6.45, 7) is 9.46. The molecule has 0 aromatic heterocycles. The highest BCUT2D eigenvalue weighted by atomic mass is 35.5. The Morgan fingerprint density at radius 2 is 1.77 bits per heavy atom. The molecule has 0 bridgehead atoms. The zero-order valence-corrected chi connectivity index (χ0v) is 28.5. The maximum absolute atomic E-state index is 14.0. The molecule has 0 aliphatic carbocycles. The number of rotatable bonds is 15. The molecule has 3 aromatic rings. The first-order valence-electron chi connectivity index (χ1n) is 16.2. The number of fused-ring (bicyclic) bond motifs is 1. The number of carbonyl (C=O) groups excluding carboxylic acids is 1. The Hall–Kier alpha value is -2.19. The summed E-state index contributed by atoms with van der Waals surface area (Å²) in [7, 11) is 4.30. The van der Waals surface area contributed by atoms with Crippen molar-refractivity contribution in [3.63, 3.8) is 0 Å². The van der Waals surface area contributed by atoms with Crippen LogP contribution in [0.25, 0.3) is 10.8 Å². The van der Waals surface area contributed by atoms with E-state index in [1.165, 1.54) is 10.8 Å². The van der Waals surface area contributed by atoms with Crippen LogP contribution in [0.2, 0.25) is 10.0 Å². The SMILES string of the molecule is CC(C)C[C@@H]1CN(C[C@@H](Cc2ccc(Cl)cc2Cl)N(C)C)C(CCCNCCN)CN1C(=O)Cc1ccc2ccccc2c1. The zero-order valence-electron chi connectivity index (χ0n) is 26.9. The first kappa shape index (κ1) is 34.7. The molecule has 240 valence electrons. The number of benzene rings is 3. The Morgan fingerprint density at radius 1 is 1.00 bits per heavy atom. The molecule has 6 nitrogen and oxygen atoms in total. The summed E-state index contributed by atoms with van der Waals surface area (Å²) in [5.41, 5.74) is 7.89. The molecule has 3 aromatic carbocycles. The average molecular weight is 641 g/mol. The van der Waals surface area contributed by atoms with E-state index in [-0.39, 0.29) is 24.0 Å². The monoisotopic (exact) mass is 639 g/mol. The van der Waals surface area contributed by atoms with E-state index in [2.05, 4.69) is 90.4 Å². The summed E-state index contributed by atoms with van der Waals surface area (Å²) in [5.74, 6) is 0.723. The van der Waals surface area contributed by atoms with Gasteiger partial charge in [-0.2, -0.15) is 0 Å². The van der Waals surface area contributed by atoms with E-state index in [1.807, 2.05) is 18.2 Å². The molecule has 0 saturated carbocycles. The molecular formula is C36H51Cl2N5O. The van der Waals surface area contributed by atoms with Gasteiger partial charge in [0.15, 0.2) is 0 Å². The van der Waals surface area contributed by atoms with Gasteiger partial charge < -0.3 is 20.9 Å². The van der Waals surface area contributed by atoms with Crippen molar-refractivity contribution in [2.75, 3.05) is 53.4 Å². The predicted octanol–water partition coefficient (Wildman–Crippen LogP) is 6.12. The highest BCUT2D eigenvalue weighted by molar-refractivity contribution is 6.35. The third-order valence-corrected chi connectivity index (χ3v) is 9.49. The number of hydrogen-bond acceptors (Lipinski definition) is 5. The predicted molar refractivity (Wildman–Crippen MR) is 187 cm³/mol. The summed E-state index contributed by atoms with van der Waals surface area (Å²) in [6.07, 6.45) is 4.32. The number of carbonyl (C=O) groups is 1. The fourth-order valence-corrected chi connectivity index (χ4v) is 6.98. The maximum Gasteiger partial charge on any atom is 0.227 e. The van der Waals surface area contributed by atoms with Crippen LogP contribution in [0.1, 0.15) is 44.2 Å². The van der Waals surface area contributed by atoms with Gasteiger partial charge in [0.05, 0.1) is 6.42 Å². The second kappa shape index (κ2) is 16.9. The normalized spacial score (nSPS) is 18.4. The second-order valence-electron chi connectivity index (χ2n) is 13.0. The Labute approximate surface area is 274 Å². The van der Waals surface area contributed by atoms with E-state index >= 15 is 0 Å². The fourth-order valence-electron chi connectivity index (χ4n) is 6.50. The Morgan fingerprint density at radius 3 is 2.48 bits per heavy atom. The first-order valence-corrected chi connectivity index (χ1v) is 16.9. The van der Waals surface area contributed by atoms with E-state index in [9.17, 15) is 4.79 Å². The summed E-state index contributed by atoms with van der Waals surface area (Å²) < 4.78 is 0. The number of piperazine rings is 1. The van der Waals surface area contributed by atoms with E-state index in [0.29, 0.717) is 28.9 Å². The average Bonchev–Trinajstić information content (AvgIpc) is 2.98. The highest BCUT2D eigenvalue weighted by Crippen LogP contribution is 2.28. The van der Waals surface area contributed by atoms with Crippen molar-refractivity contribution >= 4 is 39.9 Å². The molecule has 1 fully saturated rings. The van der Waals surface area contributed by atoms with Crippen LogP contribution in [0, 0.1) is 5.92 Å². The van der Waals surface area contributed by atoms with Gasteiger partial charge in [-0.05, 0) is 86.3 Å². The second-order valence-corrected chi connectivity index (χ2v) is 13.9. The summed E-state index contributed by atoms with van der Waals surface area (Å²) in [6, 6.07) is 21.3. The fraction of sp³-hybridized carbons (Fsp3) is 0.528. The van der Waals surface area contributed by atoms with Gasteiger partial charge in [0.25, 0.3) is 0 Å². The van der Waals surface area contributed by atoms with Gasteiger partial charge in [0.2, 0.25) is 5.91 Å². The maximum atomic E-state index is 14.0. The minimum Gasteiger partial charge on any atom is -0.337 e. The van der Waals surface area contributed by atoms with Crippen molar-refractivity contribution in [3.05, 3.63) is 81.8 Å². The zero-order chi connectivity index (χ0) is 31.6. The molecule has 1 saturated heterocycles. The van der Waals surface area contributed by atoms with Crippen molar-refractivity contribution in [1.29, 1.82) is 0 Å². The lowest BCUT2D eigenvalue weighted by Gasteiger charge is -2.48. The van der Waals surface area contributed by atoms with E-state index in [1.54, 1.807) is 0 Å². The summed E-state index contributed by atoms with van der Waals surface area (Å²) in [4.78, 5) is 21.2. The Balaban J connectivity index is 1.55. The van der Waals surface area contributed by atoms with Gasteiger partial charge >= 0.3 is 0 Å². The lowest BCUT2D eigenvalue weighted by Crippen LogP contribution is -2.62. The molecule has 1 heterocycles. The molecule has 3 N–H and O–H groups in total. The first-order chi connectivity index (χ1) is 21.1. The third kappa shape index (κ3) is 9.90. The molecule has 4 rings (SSSR count). The molecular weight excluding hydrogens is 589 g/mol. The molecule has 44 heavy (non-hydrogen) atoms. The topological polar surface area (TPSA) is 64.8 Å². The van der Waals surface area contributed by atoms with Crippen molar-refractivity contribution < 1.29 is 4.79 Å². The number of halogens is 2. The largest absolute Gasteiger partial charge is 0.337 e. The minimum absolute atomic E-state index is 0.177. The van der Waals surface area contributed by atoms with Gasteiger partial charge in [-0.15, -0.1) is 0 Å². The van der Waals surface area contributed by atoms with Crippen LogP contribution in [0.15, 0.2) is 60.7 Å². The lowest BCUT2D eigenvalue weighted by atomic mass is 9.93. The van der Waals surface area contributed by atoms with Crippen molar-refractivity contribution in [1.82, 2.24) is 20.0 Å². The van der Waals surface area contributed by atoms with Crippen LogP contribution < -0.4 is 11.1 Å². The summed E-state index contributed by atoms with van der Waals surface area (Å²) in [5, 5.41) is 7.21. The molecule has 1 aliphatic heterocycles. The Bertz CT molecular complexity index is 1350. The lowest BCUT2D eigenvalue weighted by molar-refractivity contribution is -0.138. The molecule has 8 heteroatoms. The van der Waals surface area contributed by atoms with E-state index < -0.39 is 0 Å². The molecule has 3 atom stereocenters. The molecule has 0 spiro atoms. The quantitative estimate of drug-likeness (QED) is 0.196. The van der Waals surface area contributed by atoms with Gasteiger partial charge in [-0.25, -0.2) is 0 Å². The van der Waals surface area contributed by atoms with E-state index in [4.69, 9.17) is 28.9 Å². The van der Waals surface area contributed by atoms with Crippen molar-refractivity contribution in [2.24, 2.45) is 11.7 Å². The smallest absolute Gasteiger partial charge is 0.227 e. The minimum atomic E-state index is 0.177. The van der Waals surface area contributed by atoms with E-state index in [0.717, 1.165) is 69.5 Å². The van der Waals surface area contributed by atoms with Crippen LogP contribution >= 0.6 is 23.2 Å².